The fraction of sp³-hybridized carbons (Fsp3) is 0.520. The predicted octanol–water partition coefficient (Wildman–Crippen LogP) is 5.79. The highest BCUT2D eigenvalue weighted by Gasteiger charge is 2.44. The van der Waals surface area contributed by atoms with Crippen molar-refractivity contribution >= 4 is 29.1 Å². The summed E-state index contributed by atoms with van der Waals surface area (Å²) in [5.74, 6) is -1.49. The van der Waals surface area contributed by atoms with Gasteiger partial charge in [0.2, 0.25) is 0 Å². The van der Waals surface area contributed by atoms with Crippen LogP contribution in [0.2, 0.25) is 0 Å². The van der Waals surface area contributed by atoms with E-state index in [-0.39, 0.29) is 24.9 Å². The Balaban J connectivity index is 1.62. The predicted molar refractivity (Wildman–Crippen MR) is 129 cm³/mol. The smallest absolute Gasteiger partial charge is 0.389 e. The Morgan fingerprint density at radius 2 is 1.81 bits per heavy atom. The minimum absolute atomic E-state index is 0.0571. The molecule has 36 heavy (non-hydrogen) atoms. The van der Waals surface area contributed by atoms with Crippen LogP contribution in [0.3, 0.4) is 0 Å². The van der Waals surface area contributed by atoms with Gasteiger partial charge in [0.25, 0.3) is 0 Å². The molecule has 0 spiro atoms. The molecule has 4 rings (SSSR count). The second kappa shape index (κ2) is 11.1. The molecule has 2 atom stereocenters. The summed E-state index contributed by atoms with van der Waals surface area (Å²) in [5.41, 5.74) is 2.24. The number of nitrogens with zero attached hydrogens (tertiary/aromatic N) is 3. The van der Waals surface area contributed by atoms with E-state index < -0.39 is 30.5 Å². The molecule has 1 heterocycles. The summed E-state index contributed by atoms with van der Waals surface area (Å²) in [6.07, 6.45) is 4.38. The maximum absolute atomic E-state index is 12.9. The van der Waals surface area contributed by atoms with Gasteiger partial charge < -0.3 is 20.6 Å². The molecular formula is C25H30F3N5O3. The number of hydrogen-bond donors (Lipinski definition) is 3. The van der Waals surface area contributed by atoms with Crippen LogP contribution in [0, 0.1) is 5.92 Å². The fourth-order valence-corrected chi connectivity index (χ4v) is 4.96. The second-order valence-corrected chi connectivity index (χ2v) is 9.47. The molecule has 1 aromatic heterocycles. The van der Waals surface area contributed by atoms with Gasteiger partial charge in [-0.1, -0.05) is 25.3 Å². The molecule has 194 valence electrons. The number of aliphatic carboxylic acids is 1. The number of hydrogen-bond acceptors (Lipinski definition) is 5. The lowest BCUT2D eigenvalue weighted by atomic mass is 9.93. The van der Waals surface area contributed by atoms with Gasteiger partial charge in [0.05, 0.1) is 35.4 Å². The van der Waals surface area contributed by atoms with E-state index in [1.54, 1.807) is 12.1 Å². The van der Waals surface area contributed by atoms with Gasteiger partial charge in [-0.2, -0.15) is 13.2 Å². The highest BCUT2D eigenvalue weighted by atomic mass is 19.4. The Hall–Kier alpha value is -3.37. The Kier molecular flexibility index (Phi) is 7.95. The molecule has 0 bridgehead atoms. The molecule has 2 unspecified atom stereocenters. The van der Waals surface area contributed by atoms with Gasteiger partial charge in [0, 0.05) is 19.0 Å². The van der Waals surface area contributed by atoms with Crippen molar-refractivity contribution in [3.05, 3.63) is 42.5 Å². The number of aromatic nitrogens is 2. The van der Waals surface area contributed by atoms with E-state index in [9.17, 15) is 27.9 Å². The summed E-state index contributed by atoms with van der Waals surface area (Å²) in [7, 11) is 0. The van der Waals surface area contributed by atoms with Crippen LogP contribution < -0.4 is 15.5 Å². The molecule has 3 N–H and O–H groups in total. The average molecular weight is 506 g/mol. The van der Waals surface area contributed by atoms with E-state index in [1.807, 2.05) is 11.0 Å². The lowest BCUT2D eigenvalue weighted by Gasteiger charge is -2.37. The van der Waals surface area contributed by atoms with Gasteiger partial charge in [0.15, 0.2) is 0 Å². The number of carbonyl (C=O) groups excluding carboxylic acids is 1. The molecule has 2 aliphatic rings. The van der Waals surface area contributed by atoms with Crippen LogP contribution in [0.5, 0.6) is 0 Å². The molecule has 2 fully saturated rings. The normalized spacial score (nSPS) is 20.0. The number of nitrogens with one attached hydrogen (secondary N) is 2. The third kappa shape index (κ3) is 6.86. The number of benzene rings is 1. The number of rotatable bonds is 9. The number of halogens is 3. The number of alkyl halides is 3. The molecular weight excluding hydrogens is 475 g/mol. The van der Waals surface area contributed by atoms with Crippen molar-refractivity contribution in [2.75, 3.05) is 22.1 Å². The van der Waals surface area contributed by atoms with Crippen LogP contribution in [0.15, 0.2) is 36.9 Å². The molecule has 0 radical (unpaired) electrons. The lowest BCUT2D eigenvalue weighted by Crippen LogP contribution is -2.38. The van der Waals surface area contributed by atoms with E-state index in [0.717, 1.165) is 37.7 Å². The Labute approximate surface area is 207 Å². The highest BCUT2D eigenvalue weighted by molar-refractivity contribution is 6.01. The lowest BCUT2D eigenvalue weighted by molar-refractivity contribution is -0.138. The third-order valence-electron chi connectivity index (χ3n) is 6.81. The first-order chi connectivity index (χ1) is 17.2. The topological polar surface area (TPSA) is 107 Å². The van der Waals surface area contributed by atoms with Crippen molar-refractivity contribution in [1.29, 1.82) is 0 Å². The maximum Gasteiger partial charge on any atom is 0.389 e. The number of anilines is 3. The summed E-state index contributed by atoms with van der Waals surface area (Å²) in [4.78, 5) is 33.9. The van der Waals surface area contributed by atoms with Gasteiger partial charge in [-0.25, -0.2) is 14.8 Å². The summed E-state index contributed by atoms with van der Waals surface area (Å²) < 4.78 is 38.8. The second-order valence-electron chi connectivity index (χ2n) is 9.47. The standard InChI is InChI=1S/C25H30F3N5O3/c26-25(27,28)9-4-10-33(18-5-2-1-3-6-18)22-8-7-16(19-12-20(19)23(34)35)11-21(22)32-24(36)31-17-13-29-15-30-14-17/h7-8,11,13-15,18-20H,1-6,9-10,12H2,(H,34,35)(H2,31,32,36). The number of carboxylic acid groups (broad SMARTS) is 1. The van der Waals surface area contributed by atoms with Crippen LogP contribution in [0.1, 0.15) is 62.8 Å². The van der Waals surface area contributed by atoms with Crippen molar-refractivity contribution in [3.8, 4) is 0 Å². The van der Waals surface area contributed by atoms with Gasteiger partial charge >= 0.3 is 18.2 Å². The zero-order chi connectivity index (χ0) is 25.7. The summed E-state index contributed by atoms with van der Waals surface area (Å²) >= 11 is 0. The van der Waals surface area contributed by atoms with Crippen LogP contribution >= 0.6 is 0 Å². The van der Waals surface area contributed by atoms with Gasteiger partial charge in [-0.15, -0.1) is 0 Å². The Morgan fingerprint density at radius 1 is 1.08 bits per heavy atom. The summed E-state index contributed by atoms with van der Waals surface area (Å²) in [5, 5.41) is 14.8. The van der Waals surface area contributed by atoms with Crippen molar-refractivity contribution in [2.24, 2.45) is 5.92 Å². The third-order valence-corrected chi connectivity index (χ3v) is 6.81. The zero-order valence-corrected chi connectivity index (χ0v) is 19.8. The van der Waals surface area contributed by atoms with Crippen molar-refractivity contribution < 1.29 is 27.9 Å². The molecule has 8 nitrogen and oxygen atoms in total. The van der Waals surface area contributed by atoms with Gasteiger partial charge in [0.1, 0.15) is 6.33 Å². The molecule has 1 aromatic carbocycles. The van der Waals surface area contributed by atoms with Crippen molar-refractivity contribution in [2.45, 2.75) is 69.5 Å². The zero-order valence-electron chi connectivity index (χ0n) is 19.8. The van der Waals surface area contributed by atoms with Gasteiger partial charge in [-0.05, 0) is 49.3 Å². The van der Waals surface area contributed by atoms with Crippen molar-refractivity contribution in [1.82, 2.24) is 9.97 Å². The van der Waals surface area contributed by atoms with E-state index in [0.29, 0.717) is 23.5 Å². The largest absolute Gasteiger partial charge is 0.481 e. The minimum atomic E-state index is -4.24. The molecule has 11 heteroatoms. The van der Waals surface area contributed by atoms with E-state index in [1.165, 1.54) is 18.7 Å². The average Bonchev–Trinajstić information content (AvgIpc) is 3.64. The molecule has 0 aliphatic heterocycles. The first-order valence-corrected chi connectivity index (χ1v) is 12.2. The fourth-order valence-electron chi connectivity index (χ4n) is 4.96. The summed E-state index contributed by atoms with van der Waals surface area (Å²) in [6.45, 7) is 0.202. The van der Waals surface area contributed by atoms with Crippen LogP contribution in [0.25, 0.3) is 0 Å². The molecule has 2 amide bonds. The SMILES string of the molecule is O=C(Nc1cncnc1)Nc1cc(C2CC2C(=O)O)ccc1N(CCCC(F)(F)F)C1CCCCC1. The highest BCUT2D eigenvalue weighted by Crippen LogP contribution is 2.49. The Bertz CT molecular complexity index is 1060. The number of urea groups is 1. The van der Waals surface area contributed by atoms with Crippen LogP contribution in [0.4, 0.5) is 35.0 Å². The van der Waals surface area contributed by atoms with Gasteiger partial charge in [-0.3, -0.25) is 4.79 Å². The quantitative estimate of drug-likeness (QED) is 0.398. The van der Waals surface area contributed by atoms with E-state index >= 15 is 0 Å². The molecule has 0 saturated heterocycles. The Morgan fingerprint density at radius 3 is 2.44 bits per heavy atom. The number of carbonyl (C=O) groups is 2. The minimum Gasteiger partial charge on any atom is -0.481 e. The molecule has 2 aliphatic carbocycles. The van der Waals surface area contributed by atoms with Crippen LogP contribution in [-0.4, -0.2) is 45.8 Å². The first kappa shape index (κ1) is 25.7. The molecule has 2 saturated carbocycles. The van der Waals surface area contributed by atoms with E-state index in [2.05, 4.69) is 20.6 Å². The monoisotopic (exact) mass is 505 g/mol. The molecule has 2 aromatic rings. The summed E-state index contributed by atoms with van der Waals surface area (Å²) in [6, 6.07) is 4.90. The number of amides is 2. The number of carboxylic acids is 1. The van der Waals surface area contributed by atoms with Crippen molar-refractivity contribution in [3.63, 3.8) is 0 Å². The van der Waals surface area contributed by atoms with E-state index in [4.69, 9.17) is 0 Å². The maximum atomic E-state index is 12.9. The van der Waals surface area contributed by atoms with Crippen LogP contribution in [-0.2, 0) is 4.79 Å². The first-order valence-electron chi connectivity index (χ1n) is 12.2.